The predicted molar refractivity (Wildman–Crippen MR) is 138 cm³/mol. The highest BCUT2D eigenvalue weighted by molar-refractivity contribution is 6.30. The molecule has 3 amide bonds. The molecule has 1 aromatic heterocycles. The second-order valence-electron chi connectivity index (χ2n) is 9.27. The van der Waals surface area contributed by atoms with Gasteiger partial charge in [0.05, 0.1) is 11.4 Å². The average Bonchev–Trinajstić information content (AvgIpc) is 3.17. The number of hydrogen-bond donors (Lipinski definition) is 2. The van der Waals surface area contributed by atoms with Gasteiger partial charge in [0.25, 0.3) is 0 Å². The Balaban J connectivity index is 1.81. The third-order valence-electron chi connectivity index (χ3n) is 5.28. The molecule has 0 aliphatic carbocycles. The van der Waals surface area contributed by atoms with Crippen LogP contribution in [0.15, 0.2) is 54.6 Å². The van der Waals surface area contributed by atoms with Crippen molar-refractivity contribution in [2.24, 2.45) is 0 Å². The number of rotatable bonds is 7. The first-order valence-corrected chi connectivity index (χ1v) is 11.7. The van der Waals surface area contributed by atoms with Crippen molar-refractivity contribution in [3.8, 4) is 5.69 Å². The van der Waals surface area contributed by atoms with Crippen LogP contribution in [0.4, 0.5) is 16.3 Å². The van der Waals surface area contributed by atoms with Crippen molar-refractivity contribution in [2.45, 2.75) is 46.5 Å². The Kier molecular flexibility index (Phi) is 7.99. The molecule has 7 nitrogen and oxygen atoms in total. The Bertz CT molecular complexity index is 1170. The van der Waals surface area contributed by atoms with E-state index in [0.29, 0.717) is 29.5 Å². The van der Waals surface area contributed by atoms with Gasteiger partial charge in [-0.2, -0.15) is 5.10 Å². The van der Waals surface area contributed by atoms with E-state index < -0.39 is 0 Å². The van der Waals surface area contributed by atoms with Crippen LogP contribution in [0.2, 0.25) is 5.02 Å². The van der Waals surface area contributed by atoms with E-state index in [9.17, 15) is 9.59 Å². The molecule has 0 atom stereocenters. The van der Waals surface area contributed by atoms with E-state index in [2.05, 4.69) is 31.4 Å². The summed E-state index contributed by atoms with van der Waals surface area (Å²) in [6.45, 7) is 10.5. The van der Waals surface area contributed by atoms with E-state index in [1.165, 1.54) is 4.90 Å². The highest BCUT2D eigenvalue weighted by atomic mass is 35.5. The molecule has 1 heterocycles. The molecule has 0 spiro atoms. The number of benzene rings is 2. The third kappa shape index (κ3) is 6.38. The van der Waals surface area contributed by atoms with E-state index in [4.69, 9.17) is 16.7 Å². The lowest BCUT2D eigenvalue weighted by atomic mass is 9.92. The molecule has 3 rings (SSSR count). The molecule has 2 aromatic carbocycles. The van der Waals surface area contributed by atoms with Crippen LogP contribution in [0.3, 0.4) is 0 Å². The van der Waals surface area contributed by atoms with Gasteiger partial charge in [-0.25, -0.2) is 9.48 Å². The highest BCUT2D eigenvalue weighted by Gasteiger charge is 2.23. The van der Waals surface area contributed by atoms with Crippen molar-refractivity contribution in [1.29, 1.82) is 0 Å². The van der Waals surface area contributed by atoms with Crippen molar-refractivity contribution >= 4 is 35.0 Å². The maximum atomic E-state index is 13.0. The fraction of sp³-hybridized carbons (Fsp3) is 0.346. The van der Waals surface area contributed by atoms with Gasteiger partial charge in [-0.1, -0.05) is 63.6 Å². The second kappa shape index (κ2) is 10.7. The van der Waals surface area contributed by atoms with Gasteiger partial charge in [-0.3, -0.25) is 4.79 Å². The lowest BCUT2D eigenvalue weighted by Gasteiger charge is -2.22. The maximum absolute atomic E-state index is 13.0. The lowest BCUT2D eigenvalue weighted by Crippen LogP contribution is -2.41. The van der Waals surface area contributed by atoms with E-state index >= 15 is 0 Å². The van der Waals surface area contributed by atoms with Crippen LogP contribution in [-0.2, 0) is 10.2 Å². The van der Waals surface area contributed by atoms with Crippen molar-refractivity contribution in [1.82, 2.24) is 14.7 Å². The molecule has 0 fully saturated rings. The first-order chi connectivity index (χ1) is 16.1. The molecule has 2 N–H and O–H groups in total. The van der Waals surface area contributed by atoms with E-state index in [1.807, 2.05) is 44.2 Å². The van der Waals surface area contributed by atoms with E-state index in [1.54, 1.807) is 28.9 Å². The quantitative estimate of drug-likeness (QED) is 0.433. The molecule has 0 bridgehead atoms. The topological polar surface area (TPSA) is 79.3 Å². The largest absolute Gasteiger partial charge is 0.322 e. The van der Waals surface area contributed by atoms with Gasteiger partial charge in [0.15, 0.2) is 0 Å². The molecule has 8 heteroatoms. The van der Waals surface area contributed by atoms with Crippen molar-refractivity contribution in [3.05, 3.63) is 70.9 Å². The molecular formula is C26H32ClN5O2. The van der Waals surface area contributed by atoms with Gasteiger partial charge in [0.1, 0.15) is 12.4 Å². The minimum absolute atomic E-state index is 0.0932. The summed E-state index contributed by atoms with van der Waals surface area (Å²) in [5.41, 5.74) is 3.16. The number of hydrogen-bond acceptors (Lipinski definition) is 3. The van der Waals surface area contributed by atoms with Crippen LogP contribution >= 0.6 is 11.6 Å². The molecule has 3 aromatic rings. The zero-order valence-corrected chi connectivity index (χ0v) is 21.1. The molecule has 0 saturated carbocycles. The number of nitrogens with one attached hydrogen (secondary N) is 2. The monoisotopic (exact) mass is 481 g/mol. The van der Waals surface area contributed by atoms with E-state index in [0.717, 1.165) is 16.9 Å². The summed E-state index contributed by atoms with van der Waals surface area (Å²) in [6, 6.07) is 16.3. The van der Waals surface area contributed by atoms with Gasteiger partial charge in [-0.05, 0) is 43.2 Å². The van der Waals surface area contributed by atoms with Crippen molar-refractivity contribution in [3.63, 3.8) is 0 Å². The minimum Gasteiger partial charge on any atom is -0.315 e. The number of carbonyl (C=O) groups excluding carboxylic acids is 2. The molecule has 0 saturated heterocycles. The predicted octanol–water partition coefficient (Wildman–Crippen LogP) is 6.01. The molecular weight excluding hydrogens is 450 g/mol. The van der Waals surface area contributed by atoms with Gasteiger partial charge in [0, 0.05) is 28.7 Å². The number of nitrogens with zero attached hydrogens (tertiary/aromatic N) is 3. The van der Waals surface area contributed by atoms with Crippen LogP contribution in [-0.4, -0.2) is 39.7 Å². The number of aromatic nitrogens is 2. The number of urea groups is 1. The number of aryl methyl sites for hydroxylation is 1. The summed E-state index contributed by atoms with van der Waals surface area (Å²) in [4.78, 5) is 27.4. The molecule has 0 aliphatic rings. The average molecular weight is 482 g/mol. The molecule has 0 aliphatic heterocycles. The second-order valence-corrected chi connectivity index (χ2v) is 9.71. The molecule has 0 radical (unpaired) electrons. The first-order valence-electron chi connectivity index (χ1n) is 11.4. The number of anilines is 2. The third-order valence-corrected chi connectivity index (χ3v) is 5.52. The van der Waals surface area contributed by atoms with Crippen LogP contribution in [0.5, 0.6) is 0 Å². The highest BCUT2D eigenvalue weighted by Crippen LogP contribution is 2.27. The summed E-state index contributed by atoms with van der Waals surface area (Å²) in [5, 5.41) is 11.1. The standard InChI is InChI=1S/C26H32ClN5O2/c1-6-14-31(25(34)28-20-12-9-11-19(27)15-20)17-24(33)29-23-16-22(26(3,4)5)30-32(23)21-13-8-7-10-18(21)2/h7-13,15-16H,6,14,17H2,1-5H3,(H,28,34)(H,29,33). The van der Waals surface area contributed by atoms with Crippen LogP contribution in [0.25, 0.3) is 5.69 Å². The van der Waals surface area contributed by atoms with E-state index in [-0.39, 0.29) is 23.9 Å². The molecule has 0 unspecified atom stereocenters. The summed E-state index contributed by atoms with van der Waals surface area (Å²) < 4.78 is 1.75. The van der Waals surface area contributed by atoms with Crippen LogP contribution < -0.4 is 10.6 Å². The smallest absolute Gasteiger partial charge is 0.315 e. The van der Waals surface area contributed by atoms with Gasteiger partial charge < -0.3 is 15.5 Å². The minimum atomic E-state index is -0.359. The Morgan fingerprint density at radius 3 is 2.44 bits per heavy atom. The summed E-state index contributed by atoms with van der Waals surface area (Å²) in [6.07, 6.45) is 0.714. The Labute approximate surface area is 206 Å². The van der Waals surface area contributed by atoms with Gasteiger partial charge in [0.2, 0.25) is 5.91 Å². The number of carbonyl (C=O) groups is 2. The Hall–Kier alpha value is -3.32. The summed E-state index contributed by atoms with van der Waals surface area (Å²) >= 11 is 6.02. The summed E-state index contributed by atoms with van der Waals surface area (Å²) in [5.74, 6) is 0.265. The number of halogens is 1. The fourth-order valence-electron chi connectivity index (χ4n) is 3.47. The van der Waals surface area contributed by atoms with Crippen LogP contribution in [0, 0.1) is 6.92 Å². The lowest BCUT2D eigenvalue weighted by molar-refractivity contribution is -0.116. The summed E-state index contributed by atoms with van der Waals surface area (Å²) in [7, 11) is 0. The fourth-order valence-corrected chi connectivity index (χ4v) is 3.66. The van der Waals surface area contributed by atoms with Crippen molar-refractivity contribution in [2.75, 3.05) is 23.7 Å². The molecule has 34 heavy (non-hydrogen) atoms. The van der Waals surface area contributed by atoms with Gasteiger partial charge >= 0.3 is 6.03 Å². The Morgan fingerprint density at radius 1 is 1.06 bits per heavy atom. The Morgan fingerprint density at radius 2 is 1.79 bits per heavy atom. The number of para-hydroxylation sites is 1. The van der Waals surface area contributed by atoms with Crippen molar-refractivity contribution < 1.29 is 9.59 Å². The zero-order chi connectivity index (χ0) is 24.9. The number of amides is 3. The van der Waals surface area contributed by atoms with Gasteiger partial charge in [-0.15, -0.1) is 0 Å². The molecule has 180 valence electrons. The zero-order valence-electron chi connectivity index (χ0n) is 20.4. The van der Waals surface area contributed by atoms with Crippen LogP contribution in [0.1, 0.15) is 45.4 Å². The SMILES string of the molecule is CCCN(CC(=O)Nc1cc(C(C)(C)C)nn1-c1ccccc1C)C(=O)Nc1cccc(Cl)c1. The maximum Gasteiger partial charge on any atom is 0.322 e. The normalized spacial score (nSPS) is 11.2. The first kappa shape index (κ1) is 25.3.